The zero-order valence-corrected chi connectivity index (χ0v) is 10.5. The number of piperidine rings is 1. The van der Waals surface area contributed by atoms with Crippen LogP contribution in [0.25, 0.3) is 0 Å². The van der Waals surface area contributed by atoms with Crippen molar-refractivity contribution in [2.24, 2.45) is 11.7 Å². The molecule has 0 atom stereocenters. The van der Waals surface area contributed by atoms with Crippen LogP contribution in [0, 0.1) is 5.92 Å². The number of Topliss-reactive ketones (excluding diaryl/α,β-unsaturated/α-hetero) is 1. The second kappa shape index (κ2) is 5.25. The second-order valence-electron chi connectivity index (χ2n) is 4.79. The third-order valence-corrected chi connectivity index (χ3v) is 3.35. The van der Waals surface area contributed by atoms with Gasteiger partial charge in [-0.2, -0.15) is 0 Å². The molecule has 0 saturated carbocycles. The molecule has 1 aliphatic rings. The van der Waals surface area contributed by atoms with Crippen LogP contribution in [0.4, 0.5) is 5.88 Å². The summed E-state index contributed by atoms with van der Waals surface area (Å²) in [6.07, 6.45) is 2.32. The molecule has 5 nitrogen and oxygen atoms in total. The van der Waals surface area contributed by atoms with E-state index in [-0.39, 0.29) is 11.7 Å². The summed E-state index contributed by atoms with van der Waals surface area (Å²) in [5, 5.41) is 0. The van der Waals surface area contributed by atoms with E-state index >= 15 is 0 Å². The van der Waals surface area contributed by atoms with Crippen molar-refractivity contribution in [3.63, 3.8) is 0 Å². The van der Waals surface area contributed by atoms with Gasteiger partial charge in [0.25, 0.3) is 0 Å². The Kier molecular flexibility index (Phi) is 3.69. The smallest absolute Gasteiger partial charge is 0.217 e. The standard InChI is InChI=1S/C13H18N2O3/c1-9(16)11-2-3-13(18-11)15-6-4-10(5-7-15)8-12(14)17/h2-3,10H,4-8H2,1H3,(H2,14,17). The van der Waals surface area contributed by atoms with Crippen molar-refractivity contribution < 1.29 is 14.0 Å². The summed E-state index contributed by atoms with van der Waals surface area (Å²) >= 11 is 0. The molecule has 0 spiro atoms. The molecule has 5 heteroatoms. The number of nitrogens with zero attached hydrogens (tertiary/aromatic N) is 1. The fraction of sp³-hybridized carbons (Fsp3) is 0.538. The predicted molar refractivity (Wildman–Crippen MR) is 67.5 cm³/mol. The molecule has 0 unspecified atom stereocenters. The number of rotatable bonds is 4. The van der Waals surface area contributed by atoms with Crippen LogP contribution in [0.3, 0.4) is 0 Å². The zero-order valence-electron chi connectivity index (χ0n) is 10.5. The van der Waals surface area contributed by atoms with E-state index in [2.05, 4.69) is 4.90 Å². The molecule has 98 valence electrons. The zero-order chi connectivity index (χ0) is 13.1. The van der Waals surface area contributed by atoms with E-state index in [0.29, 0.717) is 18.1 Å². The Morgan fingerprint density at radius 1 is 1.39 bits per heavy atom. The van der Waals surface area contributed by atoms with Gasteiger partial charge >= 0.3 is 0 Å². The molecule has 1 fully saturated rings. The quantitative estimate of drug-likeness (QED) is 0.823. The average Bonchev–Trinajstić information content (AvgIpc) is 2.78. The molecule has 18 heavy (non-hydrogen) atoms. The van der Waals surface area contributed by atoms with Gasteiger partial charge in [0, 0.05) is 32.5 Å². The topological polar surface area (TPSA) is 76.5 Å². The van der Waals surface area contributed by atoms with Crippen LogP contribution >= 0.6 is 0 Å². The highest BCUT2D eigenvalue weighted by Crippen LogP contribution is 2.26. The minimum Gasteiger partial charge on any atom is -0.437 e. The van der Waals surface area contributed by atoms with Crippen molar-refractivity contribution in [1.29, 1.82) is 0 Å². The van der Waals surface area contributed by atoms with Gasteiger partial charge in [-0.1, -0.05) is 0 Å². The predicted octanol–water partition coefficient (Wildman–Crippen LogP) is 1.57. The lowest BCUT2D eigenvalue weighted by Gasteiger charge is -2.31. The summed E-state index contributed by atoms with van der Waals surface area (Å²) in [6.45, 7) is 3.16. The maximum absolute atomic E-state index is 11.2. The lowest BCUT2D eigenvalue weighted by atomic mass is 9.93. The molecule has 0 aromatic carbocycles. The van der Waals surface area contributed by atoms with Crippen molar-refractivity contribution in [3.8, 4) is 0 Å². The van der Waals surface area contributed by atoms with Crippen LogP contribution in [0.1, 0.15) is 36.7 Å². The van der Waals surface area contributed by atoms with E-state index in [1.165, 1.54) is 6.92 Å². The summed E-state index contributed by atoms with van der Waals surface area (Å²) in [7, 11) is 0. The molecule has 1 saturated heterocycles. The summed E-state index contributed by atoms with van der Waals surface area (Å²) in [5.41, 5.74) is 5.20. The van der Waals surface area contributed by atoms with E-state index in [0.717, 1.165) is 31.8 Å². The summed E-state index contributed by atoms with van der Waals surface area (Å²) < 4.78 is 5.49. The number of ketones is 1. The Morgan fingerprint density at radius 2 is 2.06 bits per heavy atom. The van der Waals surface area contributed by atoms with Crippen molar-refractivity contribution in [3.05, 3.63) is 17.9 Å². The van der Waals surface area contributed by atoms with Gasteiger partial charge in [0.15, 0.2) is 17.4 Å². The molecule has 1 aliphatic heterocycles. The Morgan fingerprint density at radius 3 is 2.56 bits per heavy atom. The highest BCUT2D eigenvalue weighted by Gasteiger charge is 2.22. The lowest BCUT2D eigenvalue weighted by Crippen LogP contribution is -2.34. The first-order chi connectivity index (χ1) is 8.56. The largest absolute Gasteiger partial charge is 0.437 e. The maximum Gasteiger partial charge on any atom is 0.217 e. The van der Waals surface area contributed by atoms with E-state index in [1.54, 1.807) is 6.07 Å². The van der Waals surface area contributed by atoms with Crippen LogP contribution < -0.4 is 10.6 Å². The molecule has 0 radical (unpaired) electrons. The first-order valence-corrected chi connectivity index (χ1v) is 6.20. The highest BCUT2D eigenvalue weighted by atomic mass is 16.4. The number of primary amides is 1. The van der Waals surface area contributed by atoms with Crippen LogP contribution in [0.15, 0.2) is 16.5 Å². The molecule has 2 heterocycles. The van der Waals surface area contributed by atoms with Crippen LogP contribution in [0.5, 0.6) is 0 Å². The summed E-state index contributed by atoms with van der Waals surface area (Å²) in [6, 6.07) is 3.53. The molecule has 0 bridgehead atoms. The number of furan rings is 1. The molecular weight excluding hydrogens is 232 g/mol. The fourth-order valence-electron chi connectivity index (χ4n) is 2.33. The first-order valence-electron chi connectivity index (χ1n) is 6.20. The third-order valence-electron chi connectivity index (χ3n) is 3.35. The Labute approximate surface area is 106 Å². The molecule has 2 N–H and O–H groups in total. The first kappa shape index (κ1) is 12.7. The molecular formula is C13H18N2O3. The number of amides is 1. The maximum atomic E-state index is 11.2. The monoisotopic (exact) mass is 250 g/mol. The van der Waals surface area contributed by atoms with Crippen molar-refractivity contribution in [2.75, 3.05) is 18.0 Å². The number of nitrogens with two attached hydrogens (primary N) is 1. The van der Waals surface area contributed by atoms with Gasteiger partial charge in [-0.25, -0.2) is 0 Å². The Bertz CT molecular complexity index is 445. The van der Waals surface area contributed by atoms with Gasteiger partial charge in [0.1, 0.15) is 0 Å². The SMILES string of the molecule is CC(=O)c1ccc(N2CCC(CC(N)=O)CC2)o1. The normalized spacial score (nSPS) is 16.8. The van der Waals surface area contributed by atoms with Crippen LogP contribution in [-0.4, -0.2) is 24.8 Å². The van der Waals surface area contributed by atoms with Crippen LogP contribution in [-0.2, 0) is 4.79 Å². The molecule has 2 rings (SSSR count). The highest BCUT2D eigenvalue weighted by molar-refractivity contribution is 5.91. The lowest BCUT2D eigenvalue weighted by molar-refractivity contribution is -0.119. The van der Waals surface area contributed by atoms with Gasteiger partial charge in [0.2, 0.25) is 5.91 Å². The number of anilines is 1. The third kappa shape index (κ3) is 2.91. The minimum absolute atomic E-state index is 0.0649. The van der Waals surface area contributed by atoms with Crippen LogP contribution in [0.2, 0.25) is 0 Å². The number of hydrogen-bond acceptors (Lipinski definition) is 4. The number of hydrogen-bond donors (Lipinski definition) is 1. The molecule has 0 aliphatic carbocycles. The Hall–Kier alpha value is -1.78. The summed E-state index contributed by atoms with van der Waals surface area (Å²) in [4.78, 5) is 24.1. The number of carbonyl (C=O) groups excluding carboxylic acids is 2. The van der Waals surface area contributed by atoms with Gasteiger partial charge in [-0.3, -0.25) is 9.59 Å². The van der Waals surface area contributed by atoms with Crippen molar-refractivity contribution >= 4 is 17.6 Å². The van der Waals surface area contributed by atoms with Gasteiger partial charge in [-0.15, -0.1) is 0 Å². The summed E-state index contributed by atoms with van der Waals surface area (Å²) in [5.74, 6) is 1.21. The van der Waals surface area contributed by atoms with E-state index in [9.17, 15) is 9.59 Å². The van der Waals surface area contributed by atoms with E-state index in [4.69, 9.17) is 10.2 Å². The van der Waals surface area contributed by atoms with E-state index in [1.807, 2.05) is 6.07 Å². The van der Waals surface area contributed by atoms with Gasteiger partial charge < -0.3 is 15.1 Å². The molecule has 1 amide bonds. The fourth-order valence-corrected chi connectivity index (χ4v) is 2.33. The molecule has 1 aromatic rings. The van der Waals surface area contributed by atoms with E-state index < -0.39 is 0 Å². The van der Waals surface area contributed by atoms with Crippen molar-refractivity contribution in [2.45, 2.75) is 26.2 Å². The Balaban J connectivity index is 1.92. The number of carbonyl (C=O) groups is 2. The minimum atomic E-state index is -0.231. The second-order valence-corrected chi connectivity index (χ2v) is 4.79. The van der Waals surface area contributed by atoms with Gasteiger partial charge in [-0.05, 0) is 24.8 Å². The van der Waals surface area contributed by atoms with Gasteiger partial charge in [0.05, 0.1) is 0 Å². The average molecular weight is 250 g/mol. The van der Waals surface area contributed by atoms with Crippen molar-refractivity contribution in [1.82, 2.24) is 0 Å². The molecule has 1 aromatic heterocycles.